The first kappa shape index (κ1) is 26.7. The van der Waals surface area contributed by atoms with Crippen LogP contribution in [0.2, 0.25) is 0 Å². The number of hydrogen-bond donors (Lipinski definition) is 1. The molecule has 0 aromatic heterocycles. The minimum absolute atomic E-state index is 0.0966. The highest BCUT2D eigenvalue weighted by Crippen LogP contribution is 2.58. The number of nitrogens with two attached hydrogens (primary N) is 1. The number of amidine groups is 1. The molecule has 3 heterocycles. The molecule has 8 nitrogen and oxygen atoms in total. The van der Waals surface area contributed by atoms with E-state index in [1.165, 1.54) is 17.9 Å². The number of aliphatic imine (C=N–C) groups is 1. The molecule has 2 N–H and O–H groups in total. The Hall–Kier alpha value is -1.33. The molecule has 4 rings (SSSR count). The third-order valence-corrected chi connectivity index (χ3v) is 10.4. The fourth-order valence-electron chi connectivity index (χ4n) is 3.84. The van der Waals surface area contributed by atoms with E-state index in [2.05, 4.69) is 32.3 Å². The molecule has 2 saturated heterocycles. The molecule has 192 valence electrons. The summed E-state index contributed by atoms with van der Waals surface area (Å²) < 4.78 is 51.7. The first-order chi connectivity index (χ1) is 16.4. The van der Waals surface area contributed by atoms with Crippen molar-refractivity contribution in [3.05, 3.63) is 54.5 Å². The summed E-state index contributed by atoms with van der Waals surface area (Å²) in [5.74, 6) is 0.496. The third-order valence-electron chi connectivity index (χ3n) is 5.51. The van der Waals surface area contributed by atoms with Gasteiger partial charge in [0.2, 0.25) is 0 Å². The van der Waals surface area contributed by atoms with Gasteiger partial charge in [0.25, 0.3) is 0 Å². The van der Waals surface area contributed by atoms with Gasteiger partial charge in [-0.1, -0.05) is 67.1 Å². The average molecular weight is 544 g/mol. The van der Waals surface area contributed by atoms with Crippen LogP contribution in [0.1, 0.15) is 33.3 Å². The van der Waals surface area contributed by atoms with Crippen LogP contribution in [0.25, 0.3) is 0 Å². The number of benzene rings is 1. The summed E-state index contributed by atoms with van der Waals surface area (Å²) >= 11 is 0. The second kappa shape index (κ2) is 10.2. The first-order valence-corrected chi connectivity index (χ1v) is 14.8. The van der Waals surface area contributed by atoms with E-state index in [-0.39, 0.29) is 29.6 Å². The molecule has 0 bridgehead atoms. The van der Waals surface area contributed by atoms with Crippen molar-refractivity contribution in [1.29, 1.82) is 0 Å². The average Bonchev–Trinajstić information content (AvgIpc) is 3.02. The zero-order chi connectivity index (χ0) is 25.4. The number of fused-ring (bicyclic) bond motifs is 1. The van der Waals surface area contributed by atoms with Gasteiger partial charge >= 0.3 is 7.82 Å². The van der Waals surface area contributed by atoms with Gasteiger partial charge in [-0.2, -0.15) is 0 Å². The molecule has 0 aliphatic carbocycles. The van der Waals surface area contributed by atoms with E-state index in [9.17, 15) is 4.57 Å². The number of ether oxygens (including phenoxy) is 1. The summed E-state index contributed by atoms with van der Waals surface area (Å²) in [6.45, 7) is 11.6. The Labute approximate surface area is 213 Å². The minimum atomic E-state index is -3.99. The standard InChI is InChI=1S/C23H31FN3O5PS2/c1-15-26-19(25)10-12-27(15)21-23(5,24)20-17(31-21)14-30-33(28,32-20)29-13-11-16-8-6-7-9-18(16)34-35-22(2,3)4/h6-10,12,17,20-21H,1,11,13-14H2,2-5H3,(H2,25,26)/t17-,20-,21-,23-,33?/m1/s1. The second-order valence-corrected chi connectivity index (χ2v) is 14.2. The summed E-state index contributed by atoms with van der Waals surface area (Å²) in [6.07, 6.45) is 0.561. The van der Waals surface area contributed by atoms with Gasteiger partial charge in [0.05, 0.1) is 13.2 Å². The van der Waals surface area contributed by atoms with Gasteiger partial charge in [-0.3, -0.25) is 13.6 Å². The molecule has 35 heavy (non-hydrogen) atoms. The van der Waals surface area contributed by atoms with Crippen molar-refractivity contribution < 1.29 is 27.3 Å². The normalized spacial score (nSPS) is 33.1. The highest BCUT2D eigenvalue weighted by Gasteiger charge is 2.62. The maximum absolute atomic E-state index is 15.9. The zero-order valence-electron chi connectivity index (χ0n) is 20.2. The van der Waals surface area contributed by atoms with Crippen LogP contribution in [-0.4, -0.2) is 52.8 Å². The van der Waals surface area contributed by atoms with E-state index in [1.54, 1.807) is 27.8 Å². The number of phosphoric ester groups is 1. The maximum Gasteiger partial charge on any atom is 0.475 e. The number of halogens is 1. The molecule has 1 aromatic carbocycles. The number of alkyl halides is 1. The quantitative estimate of drug-likeness (QED) is 0.357. The molecule has 0 radical (unpaired) electrons. The molecule has 2 fully saturated rings. The highest BCUT2D eigenvalue weighted by atomic mass is 33.1. The van der Waals surface area contributed by atoms with Crippen molar-refractivity contribution in [2.75, 3.05) is 13.2 Å². The minimum Gasteiger partial charge on any atom is -0.384 e. The second-order valence-electron chi connectivity index (χ2n) is 9.59. The monoisotopic (exact) mass is 543 g/mol. The fourth-order valence-corrected chi connectivity index (χ4v) is 7.56. The van der Waals surface area contributed by atoms with E-state index in [0.29, 0.717) is 6.42 Å². The number of rotatable bonds is 7. The highest BCUT2D eigenvalue weighted by molar-refractivity contribution is 8.77. The van der Waals surface area contributed by atoms with Gasteiger partial charge in [0, 0.05) is 15.8 Å². The van der Waals surface area contributed by atoms with Crippen LogP contribution in [-0.2, 0) is 29.3 Å². The molecular weight excluding hydrogens is 512 g/mol. The van der Waals surface area contributed by atoms with Crippen molar-refractivity contribution in [3.63, 3.8) is 0 Å². The molecule has 3 aliphatic rings. The van der Waals surface area contributed by atoms with E-state index in [1.807, 2.05) is 24.3 Å². The molecular formula is C23H31FN3O5PS2. The van der Waals surface area contributed by atoms with Crippen LogP contribution in [0.5, 0.6) is 0 Å². The van der Waals surface area contributed by atoms with Crippen molar-refractivity contribution >= 4 is 35.2 Å². The predicted molar refractivity (Wildman–Crippen MR) is 138 cm³/mol. The van der Waals surface area contributed by atoms with Crippen LogP contribution in [0, 0.1) is 0 Å². The maximum atomic E-state index is 15.9. The molecule has 0 amide bonds. The van der Waals surface area contributed by atoms with Crippen molar-refractivity contribution in [2.45, 2.75) is 67.9 Å². The van der Waals surface area contributed by atoms with Gasteiger partial charge in [0.15, 0.2) is 11.9 Å². The molecule has 1 unspecified atom stereocenters. The van der Waals surface area contributed by atoms with Crippen molar-refractivity contribution in [2.24, 2.45) is 10.7 Å². The Morgan fingerprint density at radius 3 is 2.86 bits per heavy atom. The van der Waals surface area contributed by atoms with E-state index in [0.717, 1.165) is 10.5 Å². The fraction of sp³-hybridized carbons (Fsp3) is 0.522. The Balaban J connectivity index is 1.38. The smallest absolute Gasteiger partial charge is 0.384 e. The largest absolute Gasteiger partial charge is 0.475 e. The van der Waals surface area contributed by atoms with Crippen LogP contribution in [0.3, 0.4) is 0 Å². The Kier molecular flexibility index (Phi) is 7.79. The van der Waals surface area contributed by atoms with Gasteiger partial charge in [-0.05, 0) is 31.1 Å². The third kappa shape index (κ3) is 6.15. The number of hydrogen-bond acceptors (Lipinski definition) is 10. The first-order valence-electron chi connectivity index (χ1n) is 11.2. The van der Waals surface area contributed by atoms with Crippen molar-refractivity contribution in [1.82, 2.24) is 4.90 Å². The topological polar surface area (TPSA) is 95.6 Å². The van der Waals surface area contributed by atoms with Crippen molar-refractivity contribution in [3.8, 4) is 0 Å². The van der Waals surface area contributed by atoms with E-state index >= 15 is 4.39 Å². The summed E-state index contributed by atoms with van der Waals surface area (Å²) in [6, 6.07) is 7.98. The van der Waals surface area contributed by atoms with Gasteiger partial charge in [-0.25, -0.2) is 13.9 Å². The molecule has 5 atom stereocenters. The van der Waals surface area contributed by atoms with Crippen LogP contribution in [0.4, 0.5) is 4.39 Å². The zero-order valence-corrected chi connectivity index (χ0v) is 22.7. The Morgan fingerprint density at radius 1 is 1.40 bits per heavy atom. The van der Waals surface area contributed by atoms with Crippen LogP contribution < -0.4 is 5.73 Å². The SMILES string of the molecule is C=C1N=C(N)C=CN1[C@@H]1O[C@@H]2COP(=O)(OCCc3ccccc3SSC(C)(C)C)O[C@H]2[C@@]1(C)F. The van der Waals surface area contributed by atoms with Crippen LogP contribution in [0.15, 0.2) is 58.8 Å². The molecule has 0 saturated carbocycles. The van der Waals surface area contributed by atoms with Gasteiger partial charge < -0.3 is 15.4 Å². The lowest BCUT2D eigenvalue weighted by atomic mass is 9.98. The Bertz CT molecular complexity index is 1080. The lowest BCUT2D eigenvalue weighted by Crippen LogP contribution is -2.50. The summed E-state index contributed by atoms with van der Waals surface area (Å²) in [5, 5.41) is 0. The molecule has 3 aliphatic heterocycles. The van der Waals surface area contributed by atoms with Crippen LogP contribution >= 0.6 is 29.4 Å². The molecule has 1 aromatic rings. The molecule has 12 heteroatoms. The lowest BCUT2D eigenvalue weighted by molar-refractivity contribution is -0.0812. The lowest BCUT2D eigenvalue weighted by Gasteiger charge is -2.36. The predicted octanol–water partition coefficient (Wildman–Crippen LogP) is 5.42. The summed E-state index contributed by atoms with van der Waals surface area (Å²) in [4.78, 5) is 6.61. The summed E-state index contributed by atoms with van der Waals surface area (Å²) in [7, 11) is -0.523. The number of phosphoric acid groups is 1. The Morgan fingerprint density at radius 2 is 2.14 bits per heavy atom. The van der Waals surface area contributed by atoms with E-state index < -0.39 is 31.9 Å². The molecule has 0 spiro atoms. The van der Waals surface area contributed by atoms with Gasteiger partial charge in [0.1, 0.15) is 23.9 Å². The number of nitrogens with zero attached hydrogens (tertiary/aromatic N) is 2. The summed E-state index contributed by atoms with van der Waals surface area (Å²) in [5.41, 5.74) is 4.70. The van der Waals surface area contributed by atoms with E-state index in [4.69, 9.17) is 24.0 Å². The van der Waals surface area contributed by atoms with Gasteiger partial charge in [-0.15, -0.1) is 0 Å².